The van der Waals surface area contributed by atoms with Crippen LogP contribution in [0.15, 0.2) is 24.3 Å². The van der Waals surface area contributed by atoms with Gasteiger partial charge in [-0.3, -0.25) is 5.41 Å². The van der Waals surface area contributed by atoms with E-state index in [9.17, 15) is 13.2 Å². The summed E-state index contributed by atoms with van der Waals surface area (Å²) >= 11 is 0. The fourth-order valence-corrected chi connectivity index (χ4v) is 2.19. The van der Waals surface area contributed by atoms with E-state index < -0.39 is 21.5 Å². The van der Waals surface area contributed by atoms with E-state index in [1.807, 2.05) is 0 Å². The number of carbonyl (C=O) groups is 1. The number of nitrogens with two attached hydrogens (primary N) is 1. The van der Waals surface area contributed by atoms with Crippen molar-refractivity contribution in [3.8, 4) is 0 Å². The quantitative estimate of drug-likeness (QED) is 0.589. The van der Waals surface area contributed by atoms with Crippen LogP contribution in [0.4, 0.5) is 17.5 Å². The van der Waals surface area contributed by atoms with E-state index in [4.69, 9.17) is 16.2 Å². The molecule has 0 bridgehead atoms. The molecule has 0 aliphatic carbocycles. The highest BCUT2D eigenvalue weighted by atomic mass is 32.2. The molecule has 0 radical (unpaired) electrons. The summed E-state index contributed by atoms with van der Waals surface area (Å²) in [4.78, 5) is 14.5. The Hall–Kier alpha value is -2.95. The molecule has 0 saturated carbocycles. The molecule has 0 aliphatic rings. The molecule has 0 spiro atoms. The molecular formula is C11H12N6O4S. The molecule has 1 aromatic heterocycles. The van der Waals surface area contributed by atoms with Crippen molar-refractivity contribution >= 4 is 33.4 Å². The van der Waals surface area contributed by atoms with Gasteiger partial charge in [-0.1, -0.05) is 0 Å². The van der Waals surface area contributed by atoms with Crippen LogP contribution >= 0.6 is 0 Å². The average Bonchev–Trinajstić information content (AvgIpc) is 2.42. The normalized spacial score (nSPS) is 11.1. The topological polar surface area (TPSA) is 164 Å². The van der Waals surface area contributed by atoms with Crippen molar-refractivity contribution in [1.29, 1.82) is 5.41 Å². The minimum atomic E-state index is -3.81. The molecule has 10 nitrogen and oxygen atoms in total. The van der Waals surface area contributed by atoms with E-state index in [0.29, 0.717) is 9.77 Å². The van der Waals surface area contributed by atoms with Crippen LogP contribution in [-0.4, -0.2) is 39.9 Å². The molecule has 22 heavy (non-hydrogen) atoms. The molecule has 0 fully saturated rings. The first-order chi connectivity index (χ1) is 10.2. The molecule has 0 amide bonds. The first-order valence-electron chi connectivity index (χ1n) is 5.81. The van der Waals surface area contributed by atoms with Gasteiger partial charge in [-0.05, 0) is 24.3 Å². The van der Waals surface area contributed by atoms with E-state index in [-0.39, 0.29) is 17.3 Å². The van der Waals surface area contributed by atoms with Gasteiger partial charge in [0.15, 0.2) is 5.82 Å². The van der Waals surface area contributed by atoms with Crippen LogP contribution < -0.4 is 16.5 Å². The van der Waals surface area contributed by atoms with Crippen LogP contribution in [0.1, 0.15) is 10.4 Å². The highest BCUT2D eigenvalue weighted by Crippen LogP contribution is 2.14. The van der Waals surface area contributed by atoms with Gasteiger partial charge >= 0.3 is 5.97 Å². The lowest BCUT2D eigenvalue weighted by molar-refractivity contribution is 0.0697. The molecule has 0 unspecified atom stereocenters. The van der Waals surface area contributed by atoms with Crippen molar-refractivity contribution in [2.75, 3.05) is 17.3 Å². The number of benzene rings is 1. The van der Waals surface area contributed by atoms with Crippen molar-refractivity contribution in [1.82, 2.24) is 14.2 Å². The van der Waals surface area contributed by atoms with Gasteiger partial charge in [0.1, 0.15) is 0 Å². The first kappa shape index (κ1) is 15.4. The minimum absolute atomic E-state index is 0.0960. The molecule has 116 valence electrons. The number of nitrogens with zero attached hydrogens (tertiary/aromatic N) is 3. The molecule has 0 atom stereocenters. The predicted octanol–water partition coefficient (Wildman–Crippen LogP) is -0.411. The van der Waals surface area contributed by atoms with Crippen LogP contribution in [0.3, 0.4) is 0 Å². The minimum Gasteiger partial charge on any atom is -0.478 e. The standard InChI is InChI=1S/C11H12N6O4S/c1-22(20,21)17-9(13)8(12)15-11(16-17)14-7-4-2-6(3-5-7)10(18)19/h2-5,13H,1H3,(H,18,19)(H3,12,14,15,16). The van der Waals surface area contributed by atoms with Crippen LogP contribution in [0.25, 0.3) is 0 Å². The van der Waals surface area contributed by atoms with Crippen LogP contribution in [-0.2, 0) is 10.0 Å². The third kappa shape index (κ3) is 3.20. The number of aromatic nitrogens is 3. The number of carboxylic acids is 1. The van der Waals surface area contributed by atoms with Gasteiger partial charge in [0.2, 0.25) is 11.4 Å². The van der Waals surface area contributed by atoms with E-state index in [2.05, 4.69) is 15.4 Å². The zero-order valence-electron chi connectivity index (χ0n) is 11.3. The number of nitrogen functional groups attached to an aromatic ring is 1. The maximum Gasteiger partial charge on any atom is 0.335 e. The number of anilines is 3. The Labute approximate surface area is 124 Å². The van der Waals surface area contributed by atoms with Crippen LogP contribution in [0.5, 0.6) is 0 Å². The van der Waals surface area contributed by atoms with Crippen molar-refractivity contribution in [3.05, 3.63) is 35.3 Å². The monoisotopic (exact) mass is 324 g/mol. The molecule has 1 heterocycles. The average molecular weight is 324 g/mol. The van der Waals surface area contributed by atoms with Crippen molar-refractivity contribution in [2.45, 2.75) is 0 Å². The summed E-state index contributed by atoms with van der Waals surface area (Å²) < 4.78 is 23.5. The van der Waals surface area contributed by atoms with E-state index in [1.165, 1.54) is 24.3 Å². The van der Waals surface area contributed by atoms with Crippen molar-refractivity contribution < 1.29 is 18.3 Å². The fourth-order valence-electron chi connectivity index (χ4n) is 1.54. The van der Waals surface area contributed by atoms with E-state index in [0.717, 1.165) is 6.26 Å². The number of rotatable bonds is 4. The third-order valence-corrected chi connectivity index (χ3v) is 3.44. The molecular weight excluding hydrogens is 312 g/mol. The molecule has 2 rings (SSSR count). The highest BCUT2D eigenvalue weighted by Gasteiger charge is 2.13. The summed E-state index contributed by atoms with van der Waals surface area (Å²) in [5, 5.41) is 22.7. The zero-order chi connectivity index (χ0) is 16.5. The van der Waals surface area contributed by atoms with E-state index in [1.54, 1.807) is 0 Å². The van der Waals surface area contributed by atoms with Gasteiger partial charge in [0.25, 0.3) is 10.0 Å². The Morgan fingerprint density at radius 1 is 1.36 bits per heavy atom. The number of carboxylic acid groups (broad SMARTS) is 1. The summed E-state index contributed by atoms with van der Waals surface area (Å²) in [5.74, 6) is -1.52. The fraction of sp³-hybridized carbons (Fsp3) is 0.0909. The Bertz CT molecular complexity index is 888. The van der Waals surface area contributed by atoms with Gasteiger partial charge in [0, 0.05) is 5.69 Å². The summed E-state index contributed by atoms with van der Waals surface area (Å²) in [5.41, 5.74) is 5.48. The Kier molecular flexibility index (Phi) is 3.82. The number of hydrogen-bond acceptors (Lipinski definition) is 8. The van der Waals surface area contributed by atoms with Crippen molar-refractivity contribution in [3.63, 3.8) is 0 Å². The van der Waals surface area contributed by atoms with Crippen molar-refractivity contribution in [2.24, 2.45) is 0 Å². The maximum atomic E-state index is 11.5. The van der Waals surface area contributed by atoms with Gasteiger partial charge in [0.05, 0.1) is 11.8 Å². The second-order valence-electron chi connectivity index (χ2n) is 4.28. The number of hydrogen-bond donors (Lipinski definition) is 4. The Morgan fingerprint density at radius 2 is 1.95 bits per heavy atom. The van der Waals surface area contributed by atoms with Gasteiger partial charge in [-0.25, -0.2) is 13.2 Å². The second-order valence-corrected chi connectivity index (χ2v) is 6.09. The molecule has 0 saturated heterocycles. The summed E-state index contributed by atoms with van der Waals surface area (Å²) in [6.45, 7) is 0. The lowest BCUT2D eigenvalue weighted by atomic mass is 10.2. The van der Waals surface area contributed by atoms with Crippen LogP contribution in [0, 0.1) is 5.41 Å². The highest BCUT2D eigenvalue weighted by molar-refractivity contribution is 7.89. The number of nitrogens with one attached hydrogen (secondary N) is 2. The SMILES string of the molecule is CS(=O)(=O)n1nc(Nc2ccc(C(=O)O)cc2)nc(N)c1=N. The summed E-state index contributed by atoms with van der Waals surface area (Å²) in [7, 11) is -3.81. The van der Waals surface area contributed by atoms with Gasteiger partial charge in [-0.2, -0.15) is 4.98 Å². The van der Waals surface area contributed by atoms with Gasteiger partial charge < -0.3 is 16.2 Å². The molecule has 1 aromatic carbocycles. The summed E-state index contributed by atoms with van der Waals surface area (Å²) in [6.07, 6.45) is 0.878. The molecule has 11 heteroatoms. The molecule has 2 aromatic rings. The summed E-state index contributed by atoms with van der Waals surface area (Å²) in [6, 6.07) is 5.64. The second kappa shape index (κ2) is 5.44. The largest absolute Gasteiger partial charge is 0.478 e. The molecule has 0 aliphatic heterocycles. The Morgan fingerprint density at radius 3 is 2.45 bits per heavy atom. The van der Waals surface area contributed by atoms with Crippen LogP contribution in [0.2, 0.25) is 0 Å². The first-order valence-corrected chi connectivity index (χ1v) is 7.65. The Balaban J connectivity index is 2.40. The third-order valence-electron chi connectivity index (χ3n) is 2.55. The smallest absolute Gasteiger partial charge is 0.335 e. The maximum absolute atomic E-state index is 11.5. The number of aromatic carboxylic acids is 1. The molecule has 5 N–H and O–H groups in total. The predicted molar refractivity (Wildman–Crippen MR) is 77.2 cm³/mol. The lowest BCUT2D eigenvalue weighted by Crippen LogP contribution is -2.32. The lowest BCUT2D eigenvalue weighted by Gasteiger charge is -2.09. The zero-order valence-corrected chi connectivity index (χ0v) is 12.1. The van der Waals surface area contributed by atoms with E-state index >= 15 is 0 Å². The van der Waals surface area contributed by atoms with Gasteiger partial charge in [-0.15, -0.1) is 9.19 Å².